The minimum atomic E-state index is 0.0341. The second-order valence-electron chi connectivity index (χ2n) is 6.24. The zero-order valence-corrected chi connectivity index (χ0v) is 15.3. The predicted molar refractivity (Wildman–Crippen MR) is 100 cm³/mol. The summed E-state index contributed by atoms with van der Waals surface area (Å²) in [5.41, 5.74) is 1.32. The van der Waals surface area contributed by atoms with E-state index >= 15 is 0 Å². The Morgan fingerprint density at radius 3 is 2.43 bits per heavy atom. The van der Waals surface area contributed by atoms with E-state index in [9.17, 15) is 4.79 Å². The highest BCUT2D eigenvalue weighted by Crippen LogP contribution is 2.15. The average Bonchev–Trinajstić information content (AvgIpc) is 2.60. The number of piperazine rings is 1. The number of nitrogens with zero attached hydrogens (tertiary/aromatic N) is 2. The smallest absolute Gasteiger partial charge is 0.233 e. The second kappa shape index (κ2) is 9.18. The first-order valence-electron chi connectivity index (χ1n) is 8.45. The van der Waals surface area contributed by atoms with Crippen LogP contribution in [0.4, 0.5) is 5.69 Å². The number of benzene rings is 1. The van der Waals surface area contributed by atoms with E-state index in [1.54, 1.807) is 11.8 Å². The van der Waals surface area contributed by atoms with Crippen molar-refractivity contribution in [3.63, 3.8) is 0 Å². The van der Waals surface area contributed by atoms with Gasteiger partial charge in [-0.25, -0.2) is 0 Å². The minimum Gasteiger partial charge on any atom is -0.369 e. The molecule has 1 amide bonds. The fraction of sp³-hybridized carbons (Fsp3) is 0.611. The van der Waals surface area contributed by atoms with E-state index in [1.807, 2.05) is 13.2 Å². The first kappa shape index (κ1) is 18.1. The van der Waals surface area contributed by atoms with Crippen LogP contribution in [0, 0.1) is 0 Å². The van der Waals surface area contributed by atoms with Crippen molar-refractivity contribution in [1.29, 1.82) is 0 Å². The van der Waals surface area contributed by atoms with Crippen molar-refractivity contribution >= 4 is 23.4 Å². The molecule has 0 spiro atoms. The number of hydrogen-bond acceptors (Lipinski definition) is 4. The summed E-state index contributed by atoms with van der Waals surface area (Å²) in [7, 11) is 0. The summed E-state index contributed by atoms with van der Waals surface area (Å²) in [5, 5.41) is 3.14. The maximum atomic E-state index is 11.9. The molecule has 0 saturated carbocycles. The van der Waals surface area contributed by atoms with Gasteiger partial charge in [0.15, 0.2) is 0 Å². The lowest BCUT2D eigenvalue weighted by atomic mass is 10.2. The topological polar surface area (TPSA) is 35.6 Å². The number of anilines is 1. The quantitative estimate of drug-likeness (QED) is 0.830. The number of para-hydroxylation sites is 1. The predicted octanol–water partition coefficient (Wildman–Crippen LogP) is 2.45. The van der Waals surface area contributed by atoms with E-state index in [4.69, 9.17) is 0 Å². The molecule has 0 bridgehead atoms. The van der Waals surface area contributed by atoms with Crippen LogP contribution in [-0.2, 0) is 4.79 Å². The van der Waals surface area contributed by atoms with Gasteiger partial charge in [0.2, 0.25) is 5.91 Å². The van der Waals surface area contributed by atoms with Crippen molar-refractivity contribution in [3.05, 3.63) is 30.3 Å². The van der Waals surface area contributed by atoms with E-state index < -0.39 is 0 Å². The van der Waals surface area contributed by atoms with Crippen molar-refractivity contribution in [2.45, 2.75) is 31.6 Å². The molecule has 1 heterocycles. The molecule has 2 rings (SSSR count). The molecule has 1 N–H and O–H groups in total. The van der Waals surface area contributed by atoms with Crippen LogP contribution in [-0.4, -0.2) is 61.1 Å². The molecule has 1 fully saturated rings. The number of carbonyl (C=O) groups is 1. The lowest BCUT2D eigenvalue weighted by molar-refractivity contribution is -0.120. The van der Waals surface area contributed by atoms with Gasteiger partial charge in [0.1, 0.15) is 0 Å². The highest BCUT2D eigenvalue weighted by molar-refractivity contribution is 7.99. The summed E-state index contributed by atoms with van der Waals surface area (Å²) in [6.45, 7) is 9.45. The molecule has 0 unspecified atom stereocenters. The lowest BCUT2D eigenvalue weighted by Crippen LogP contribution is -2.48. The number of rotatable bonds is 7. The van der Waals surface area contributed by atoms with Crippen molar-refractivity contribution in [3.8, 4) is 0 Å². The third kappa shape index (κ3) is 5.74. The Morgan fingerprint density at radius 1 is 1.17 bits per heavy atom. The second-order valence-corrected chi connectivity index (χ2v) is 7.42. The Bertz CT molecular complexity index is 474. The molecule has 0 aromatic heterocycles. The first-order chi connectivity index (χ1) is 11.1. The summed E-state index contributed by atoms with van der Waals surface area (Å²) < 4.78 is 0. The molecule has 23 heavy (non-hydrogen) atoms. The van der Waals surface area contributed by atoms with Crippen LogP contribution >= 0.6 is 11.8 Å². The Balaban J connectivity index is 1.67. The van der Waals surface area contributed by atoms with Gasteiger partial charge in [-0.2, -0.15) is 11.8 Å². The Labute approximate surface area is 144 Å². The molecule has 0 aliphatic carbocycles. The molecular formula is C18H29N3OS. The molecular weight excluding hydrogens is 306 g/mol. The average molecular weight is 336 g/mol. The van der Waals surface area contributed by atoms with Crippen molar-refractivity contribution in [2.24, 2.45) is 0 Å². The summed E-state index contributed by atoms with van der Waals surface area (Å²) in [4.78, 5) is 16.8. The minimum absolute atomic E-state index is 0.0341. The number of thioether (sulfide) groups is 1. The Morgan fingerprint density at radius 2 is 1.83 bits per heavy atom. The van der Waals surface area contributed by atoms with Gasteiger partial charge in [-0.15, -0.1) is 0 Å². The van der Waals surface area contributed by atoms with Gasteiger partial charge in [0.25, 0.3) is 0 Å². The van der Waals surface area contributed by atoms with Gasteiger partial charge in [0, 0.05) is 44.5 Å². The van der Waals surface area contributed by atoms with Crippen LogP contribution in [0.2, 0.25) is 0 Å². The van der Waals surface area contributed by atoms with E-state index in [-0.39, 0.29) is 17.2 Å². The van der Waals surface area contributed by atoms with Gasteiger partial charge in [-0.3, -0.25) is 9.69 Å². The molecule has 4 nitrogen and oxygen atoms in total. The molecule has 0 radical (unpaired) electrons. The molecule has 1 aliphatic rings. The van der Waals surface area contributed by atoms with Gasteiger partial charge < -0.3 is 10.2 Å². The van der Waals surface area contributed by atoms with Crippen molar-refractivity contribution < 1.29 is 4.79 Å². The highest BCUT2D eigenvalue weighted by Gasteiger charge is 2.18. The number of carbonyl (C=O) groups excluding carboxylic acids is 1. The Kier molecular flexibility index (Phi) is 7.24. The summed E-state index contributed by atoms with van der Waals surface area (Å²) in [6.07, 6.45) is 2.99. The molecule has 5 heteroatoms. The van der Waals surface area contributed by atoms with Crippen LogP contribution < -0.4 is 10.2 Å². The van der Waals surface area contributed by atoms with E-state index in [0.717, 1.165) is 39.1 Å². The normalized spacial score (nSPS) is 18.5. The highest BCUT2D eigenvalue weighted by atomic mass is 32.2. The molecule has 1 aromatic rings. The first-order valence-corrected chi connectivity index (χ1v) is 9.74. The maximum Gasteiger partial charge on any atom is 0.233 e. The molecule has 128 valence electrons. The Hall–Kier alpha value is -1.20. The molecule has 1 saturated heterocycles. The summed E-state index contributed by atoms with van der Waals surface area (Å²) in [5.74, 6) is 0.152. The van der Waals surface area contributed by atoms with Crippen LogP contribution in [0.3, 0.4) is 0 Å². The van der Waals surface area contributed by atoms with E-state index in [0.29, 0.717) is 0 Å². The number of nitrogens with one attached hydrogen (secondary N) is 1. The van der Waals surface area contributed by atoms with Gasteiger partial charge in [0.05, 0.1) is 5.25 Å². The van der Waals surface area contributed by atoms with Crippen molar-refractivity contribution in [2.75, 3.05) is 43.9 Å². The standard InChI is InChI=1S/C18H29N3OS/c1-15(19-18(22)16(2)23-3)9-10-20-11-13-21(14-12-20)17-7-5-4-6-8-17/h4-8,15-16H,9-14H2,1-3H3,(H,19,22)/t15-,16-/m1/s1. The summed E-state index contributed by atoms with van der Waals surface area (Å²) in [6, 6.07) is 10.9. The number of hydrogen-bond donors (Lipinski definition) is 1. The van der Waals surface area contributed by atoms with Crippen LogP contribution in [0.1, 0.15) is 20.3 Å². The largest absolute Gasteiger partial charge is 0.369 e. The third-order valence-electron chi connectivity index (χ3n) is 4.48. The maximum absolute atomic E-state index is 11.9. The zero-order chi connectivity index (χ0) is 16.7. The van der Waals surface area contributed by atoms with E-state index in [2.05, 4.69) is 52.4 Å². The van der Waals surface area contributed by atoms with Crippen LogP contribution in [0.25, 0.3) is 0 Å². The van der Waals surface area contributed by atoms with Gasteiger partial charge in [-0.05, 0) is 38.7 Å². The fourth-order valence-corrected chi connectivity index (χ4v) is 3.07. The SMILES string of the molecule is CS[C@H](C)C(=O)N[C@H](C)CCN1CCN(c2ccccc2)CC1. The molecule has 2 atom stereocenters. The van der Waals surface area contributed by atoms with Gasteiger partial charge in [-0.1, -0.05) is 18.2 Å². The summed E-state index contributed by atoms with van der Waals surface area (Å²) >= 11 is 1.59. The monoisotopic (exact) mass is 335 g/mol. The molecule has 1 aromatic carbocycles. The van der Waals surface area contributed by atoms with Crippen molar-refractivity contribution in [1.82, 2.24) is 10.2 Å². The van der Waals surface area contributed by atoms with E-state index in [1.165, 1.54) is 5.69 Å². The van der Waals surface area contributed by atoms with Gasteiger partial charge >= 0.3 is 0 Å². The fourth-order valence-electron chi connectivity index (χ4n) is 2.78. The third-order valence-corrected chi connectivity index (χ3v) is 5.40. The zero-order valence-electron chi connectivity index (χ0n) is 14.5. The molecule has 1 aliphatic heterocycles. The number of amides is 1. The van der Waals surface area contributed by atoms with Crippen LogP contribution in [0.15, 0.2) is 30.3 Å². The lowest BCUT2D eigenvalue weighted by Gasteiger charge is -2.36. The van der Waals surface area contributed by atoms with Crippen LogP contribution in [0.5, 0.6) is 0 Å².